The van der Waals surface area contributed by atoms with Crippen molar-refractivity contribution in [3.63, 3.8) is 0 Å². The van der Waals surface area contributed by atoms with E-state index in [1.165, 1.54) is 17.6 Å². The van der Waals surface area contributed by atoms with Gasteiger partial charge in [-0.05, 0) is 67.0 Å². The van der Waals surface area contributed by atoms with Crippen molar-refractivity contribution in [3.8, 4) is 11.5 Å². The normalized spacial score (nSPS) is 14.1. The van der Waals surface area contributed by atoms with Gasteiger partial charge in [-0.25, -0.2) is 9.87 Å². The summed E-state index contributed by atoms with van der Waals surface area (Å²) in [6.07, 6.45) is -1.24. The second-order valence-corrected chi connectivity index (χ2v) is 11.5. The summed E-state index contributed by atoms with van der Waals surface area (Å²) < 4.78 is 20.3. The summed E-state index contributed by atoms with van der Waals surface area (Å²) in [5.41, 5.74) is 2.18. The molecule has 0 aromatic heterocycles. The Kier molecular flexibility index (Phi) is 11.8. The minimum Gasteiger partial charge on any atom is -0.454 e. The topological polar surface area (TPSA) is 137 Å². The number of ether oxygens (including phenoxy) is 1. The van der Waals surface area contributed by atoms with Gasteiger partial charge in [0.2, 0.25) is 11.8 Å². The molecule has 3 aromatic carbocycles. The molecular weight excluding hydrogens is 553 g/mol. The zero-order chi connectivity index (χ0) is 31.6. The zero-order valence-corrected chi connectivity index (χ0v) is 24.8. The molecule has 230 valence electrons. The predicted octanol–water partition coefficient (Wildman–Crippen LogP) is 4.83. The zero-order valence-electron chi connectivity index (χ0n) is 24.8. The Morgan fingerprint density at radius 1 is 0.884 bits per heavy atom. The molecule has 0 aliphatic carbocycles. The number of halogens is 1. The van der Waals surface area contributed by atoms with Crippen LogP contribution in [0.4, 0.5) is 4.39 Å². The lowest BCUT2D eigenvalue weighted by Crippen LogP contribution is -2.56. The van der Waals surface area contributed by atoms with E-state index in [0.717, 1.165) is 5.56 Å². The van der Waals surface area contributed by atoms with Crippen LogP contribution in [0.1, 0.15) is 57.7 Å². The van der Waals surface area contributed by atoms with Crippen molar-refractivity contribution in [3.05, 3.63) is 95.8 Å². The van der Waals surface area contributed by atoms with Crippen LogP contribution in [-0.4, -0.2) is 40.2 Å². The molecule has 4 atom stereocenters. The number of rotatable bonds is 13. The van der Waals surface area contributed by atoms with Gasteiger partial charge < -0.3 is 20.5 Å². The maximum Gasteiger partial charge on any atom is 0.272 e. The number of hydroxylamine groups is 1. The SMILES string of the molecule is CC(NC(=O)[C@@H](NC(=O)[C@H](CCCc1ccc(Oc2ccccc2)c(F)c1)C(O)C(=O)NO)C(C)(C)C)c1ccccc1. The molecule has 0 spiro atoms. The maximum absolute atomic E-state index is 14.7. The third-order valence-electron chi connectivity index (χ3n) is 7.12. The standard InChI is InChI=1S/C33H40FN3O6/c1-21(23-13-7-5-8-14-23)35-32(41)29(33(2,3)4)36-30(39)25(28(38)31(40)37-42)17-11-12-22-18-19-27(26(34)20-22)43-24-15-9-6-10-16-24/h5-10,13-16,18-21,25,28-29,38,42H,11-12,17H2,1-4H3,(H,35,41)(H,36,39)(H,37,40)/t21?,25-,28?,29-/m1/s1. The van der Waals surface area contributed by atoms with Crippen molar-refractivity contribution < 1.29 is 33.8 Å². The minimum atomic E-state index is -1.88. The first-order valence-electron chi connectivity index (χ1n) is 14.2. The molecule has 0 saturated carbocycles. The van der Waals surface area contributed by atoms with E-state index < -0.39 is 47.0 Å². The Morgan fingerprint density at radius 3 is 2.09 bits per heavy atom. The molecule has 0 fully saturated rings. The Balaban J connectivity index is 1.69. The number of hydrogen-bond acceptors (Lipinski definition) is 6. The number of aliphatic hydroxyl groups excluding tert-OH is 1. The van der Waals surface area contributed by atoms with Crippen molar-refractivity contribution in [2.24, 2.45) is 11.3 Å². The van der Waals surface area contributed by atoms with Crippen LogP contribution in [0.25, 0.3) is 0 Å². The highest BCUT2D eigenvalue weighted by atomic mass is 19.1. The van der Waals surface area contributed by atoms with Gasteiger partial charge in [0.05, 0.1) is 12.0 Å². The second-order valence-electron chi connectivity index (χ2n) is 11.5. The Labute approximate surface area is 251 Å². The summed E-state index contributed by atoms with van der Waals surface area (Å²) in [5, 5.41) is 25.3. The summed E-state index contributed by atoms with van der Waals surface area (Å²) in [6.45, 7) is 7.19. The Bertz CT molecular complexity index is 1360. The number of carbonyl (C=O) groups excluding carboxylic acids is 3. The summed E-state index contributed by atoms with van der Waals surface area (Å²) in [4.78, 5) is 38.9. The second kappa shape index (κ2) is 15.3. The first-order valence-corrected chi connectivity index (χ1v) is 14.2. The van der Waals surface area contributed by atoms with E-state index in [4.69, 9.17) is 9.94 Å². The number of carbonyl (C=O) groups is 3. The molecule has 0 bridgehead atoms. The lowest BCUT2D eigenvalue weighted by atomic mass is 9.84. The van der Waals surface area contributed by atoms with Crippen LogP contribution in [0.15, 0.2) is 78.9 Å². The van der Waals surface area contributed by atoms with Gasteiger partial charge in [0.1, 0.15) is 17.9 Å². The largest absolute Gasteiger partial charge is 0.454 e. The first kappa shape index (κ1) is 33.2. The molecule has 0 aliphatic heterocycles. The van der Waals surface area contributed by atoms with Crippen molar-refractivity contribution in [2.45, 2.75) is 65.1 Å². The monoisotopic (exact) mass is 593 g/mol. The van der Waals surface area contributed by atoms with E-state index in [0.29, 0.717) is 24.2 Å². The van der Waals surface area contributed by atoms with E-state index in [1.54, 1.807) is 51.1 Å². The summed E-state index contributed by atoms with van der Waals surface area (Å²) in [5.74, 6) is -3.59. The number of nitrogens with one attached hydrogen (secondary N) is 3. The number of hydrogen-bond donors (Lipinski definition) is 5. The molecule has 9 nitrogen and oxygen atoms in total. The maximum atomic E-state index is 14.7. The lowest BCUT2D eigenvalue weighted by Gasteiger charge is -2.33. The molecule has 10 heteroatoms. The predicted molar refractivity (Wildman–Crippen MR) is 160 cm³/mol. The number of para-hydroxylation sites is 1. The molecule has 5 N–H and O–H groups in total. The van der Waals surface area contributed by atoms with Crippen LogP contribution in [0.5, 0.6) is 11.5 Å². The summed E-state index contributed by atoms with van der Waals surface area (Å²) >= 11 is 0. The van der Waals surface area contributed by atoms with Crippen molar-refractivity contribution in [2.75, 3.05) is 0 Å². The summed E-state index contributed by atoms with van der Waals surface area (Å²) in [6, 6.07) is 21.4. The molecular formula is C33H40FN3O6. The molecule has 0 heterocycles. The minimum absolute atomic E-state index is 0.0171. The van der Waals surface area contributed by atoms with Crippen molar-refractivity contribution in [1.29, 1.82) is 0 Å². The number of amides is 3. The van der Waals surface area contributed by atoms with E-state index in [9.17, 15) is 23.9 Å². The van der Waals surface area contributed by atoms with Gasteiger partial charge in [0.25, 0.3) is 5.91 Å². The van der Waals surface area contributed by atoms with Crippen LogP contribution in [0, 0.1) is 17.2 Å². The third kappa shape index (κ3) is 9.62. The number of aliphatic hydroxyl groups is 1. The van der Waals surface area contributed by atoms with Crippen LogP contribution in [0.2, 0.25) is 0 Å². The number of aryl methyl sites for hydroxylation is 1. The average Bonchev–Trinajstić information content (AvgIpc) is 2.98. The van der Waals surface area contributed by atoms with Gasteiger partial charge in [-0.2, -0.15) is 0 Å². The van der Waals surface area contributed by atoms with Crippen molar-refractivity contribution >= 4 is 17.7 Å². The Morgan fingerprint density at radius 2 is 1.51 bits per heavy atom. The van der Waals surface area contributed by atoms with E-state index >= 15 is 0 Å². The highest BCUT2D eigenvalue weighted by molar-refractivity contribution is 5.92. The number of benzene rings is 3. The fourth-order valence-corrected chi connectivity index (χ4v) is 4.65. The molecule has 0 radical (unpaired) electrons. The Hall–Kier alpha value is -4.28. The van der Waals surface area contributed by atoms with Crippen LogP contribution in [0.3, 0.4) is 0 Å². The summed E-state index contributed by atoms with van der Waals surface area (Å²) in [7, 11) is 0. The molecule has 2 unspecified atom stereocenters. The van der Waals surface area contributed by atoms with E-state index in [-0.39, 0.29) is 18.2 Å². The fraction of sp³-hybridized carbons (Fsp3) is 0.364. The van der Waals surface area contributed by atoms with Crippen molar-refractivity contribution in [1.82, 2.24) is 16.1 Å². The van der Waals surface area contributed by atoms with Gasteiger partial charge in [-0.3, -0.25) is 19.6 Å². The molecule has 0 saturated heterocycles. The molecule has 0 aliphatic rings. The van der Waals surface area contributed by atoms with Gasteiger partial charge in [0, 0.05) is 0 Å². The van der Waals surface area contributed by atoms with Crippen LogP contribution in [-0.2, 0) is 20.8 Å². The van der Waals surface area contributed by atoms with Gasteiger partial charge in [0.15, 0.2) is 11.6 Å². The average molecular weight is 594 g/mol. The van der Waals surface area contributed by atoms with E-state index in [2.05, 4.69) is 10.6 Å². The van der Waals surface area contributed by atoms with Crippen LogP contribution < -0.4 is 20.9 Å². The highest BCUT2D eigenvalue weighted by Crippen LogP contribution is 2.27. The van der Waals surface area contributed by atoms with E-state index in [1.807, 2.05) is 43.3 Å². The van der Waals surface area contributed by atoms with Gasteiger partial charge in [-0.15, -0.1) is 0 Å². The quantitative estimate of drug-likeness (QED) is 0.142. The smallest absolute Gasteiger partial charge is 0.272 e. The fourth-order valence-electron chi connectivity index (χ4n) is 4.65. The highest BCUT2D eigenvalue weighted by Gasteiger charge is 2.38. The molecule has 3 amide bonds. The van der Waals surface area contributed by atoms with Gasteiger partial charge >= 0.3 is 0 Å². The lowest BCUT2D eigenvalue weighted by molar-refractivity contribution is -0.147. The molecule has 3 rings (SSSR count). The molecule has 43 heavy (non-hydrogen) atoms. The molecule has 3 aromatic rings. The first-order chi connectivity index (χ1) is 20.4. The van der Waals surface area contributed by atoms with Crippen LogP contribution >= 0.6 is 0 Å². The van der Waals surface area contributed by atoms with Gasteiger partial charge in [-0.1, -0.05) is 75.4 Å². The third-order valence-corrected chi connectivity index (χ3v) is 7.12.